The van der Waals surface area contributed by atoms with Gasteiger partial charge in [-0.25, -0.2) is 0 Å². The predicted octanol–water partition coefficient (Wildman–Crippen LogP) is 2.83. The Kier molecular flexibility index (Phi) is 8.62. The molecule has 1 N–H and O–H groups in total. The second kappa shape index (κ2) is 11.0. The van der Waals surface area contributed by atoms with E-state index < -0.39 is 0 Å². The van der Waals surface area contributed by atoms with Crippen LogP contribution in [-0.2, 0) is 16.0 Å². The average molecular weight is 360 g/mol. The summed E-state index contributed by atoms with van der Waals surface area (Å²) >= 11 is 0. The molecule has 1 amide bonds. The Hall–Kier alpha value is -1.88. The summed E-state index contributed by atoms with van der Waals surface area (Å²) in [5.41, 5.74) is 1.10. The summed E-state index contributed by atoms with van der Waals surface area (Å²) in [6.45, 7) is 8.06. The lowest BCUT2D eigenvalue weighted by molar-refractivity contribution is -0.123. The number of Topliss-reactive ketones (excluding diaryl/α,β-unsaturated/α-hetero) is 1. The van der Waals surface area contributed by atoms with Crippen LogP contribution in [0.4, 0.5) is 0 Å². The van der Waals surface area contributed by atoms with Crippen molar-refractivity contribution in [2.75, 3.05) is 32.8 Å². The number of ketones is 1. The molecule has 26 heavy (non-hydrogen) atoms. The van der Waals surface area contributed by atoms with Gasteiger partial charge in [-0.3, -0.25) is 4.79 Å². The van der Waals surface area contributed by atoms with E-state index in [4.69, 9.17) is 4.74 Å². The number of hydrogen-bond donors (Lipinski definition) is 1. The van der Waals surface area contributed by atoms with Gasteiger partial charge in [-0.1, -0.05) is 19.1 Å². The van der Waals surface area contributed by atoms with Crippen LogP contribution in [0.15, 0.2) is 24.3 Å². The van der Waals surface area contributed by atoms with E-state index in [1.165, 1.54) is 25.9 Å². The van der Waals surface area contributed by atoms with Crippen LogP contribution in [0.25, 0.3) is 0 Å². The zero-order valence-electron chi connectivity index (χ0n) is 16.1. The molecule has 0 saturated carbocycles. The molecule has 0 atom stereocenters. The minimum absolute atomic E-state index is 0.0357. The van der Waals surface area contributed by atoms with Crippen molar-refractivity contribution in [2.24, 2.45) is 5.92 Å². The van der Waals surface area contributed by atoms with E-state index in [0.29, 0.717) is 18.7 Å². The Morgan fingerprint density at radius 2 is 1.88 bits per heavy atom. The van der Waals surface area contributed by atoms with E-state index in [-0.39, 0.29) is 18.3 Å². The summed E-state index contributed by atoms with van der Waals surface area (Å²) in [6.07, 6.45) is 4.84. The minimum Gasteiger partial charge on any atom is -0.484 e. The third kappa shape index (κ3) is 8.00. The summed E-state index contributed by atoms with van der Waals surface area (Å²) < 4.78 is 5.52. The molecule has 1 aromatic carbocycles. The third-order valence-corrected chi connectivity index (χ3v) is 4.91. The van der Waals surface area contributed by atoms with Crippen molar-refractivity contribution in [3.05, 3.63) is 29.8 Å². The smallest absolute Gasteiger partial charge is 0.257 e. The maximum absolute atomic E-state index is 11.9. The first-order valence-electron chi connectivity index (χ1n) is 9.73. The Labute approximate surface area is 157 Å². The molecule has 0 spiro atoms. The van der Waals surface area contributed by atoms with Gasteiger partial charge in [-0.15, -0.1) is 0 Å². The number of rotatable bonds is 10. The molecule has 1 aliphatic heterocycles. The molecule has 1 aliphatic rings. The number of likely N-dealkylation sites (tertiary alicyclic amines) is 1. The molecular formula is C21H32N2O3. The molecule has 1 heterocycles. The number of amides is 1. The highest BCUT2D eigenvalue weighted by Gasteiger charge is 2.14. The lowest BCUT2D eigenvalue weighted by atomic mass is 9.99. The highest BCUT2D eigenvalue weighted by atomic mass is 16.5. The number of carbonyl (C=O) groups is 2. The predicted molar refractivity (Wildman–Crippen MR) is 103 cm³/mol. The van der Waals surface area contributed by atoms with Crippen molar-refractivity contribution in [1.82, 2.24) is 10.2 Å². The van der Waals surface area contributed by atoms with Crippen molar-refractivity contribution in [1.29, 1.82) is 0 Å². The number of aryl methyl sites for hydroxylation is 1. The molecule has 5 nitrogen and oxygen atoms in total. The zero-order valence-corrected chi connectivity index (χ0v) is 16.1. The van der Waals surface area contributed by atoms with Crippen molar-refractivity contribution in [2.45, 2.75) is 46.0 Å². The highest BCUT2D eigenvalue weighted by molar-refractivity contribution is 5.77. The largest absolute Gasteiger partial charge is 0.484 e. The van der Waals surface area contributed by atoms with Gasteiger partial charge in [-0.05, 0) is 75.9 Å². The number of carbonyl (C=O) groups excluding carboxylic acids is 2. The summed E-state index contributed by atoms with van der Waals surface area (Å²) in [6, 6.07) is 7.57. The van der Waals surface area contributed by atoms with Gasteiger partial charge in [0.15, 0.2) is 6.61 Å². The molecular weight excluding hydrogens is 328 g/mol. The van der Waals surface area contributed by atoms with Gasteiger partial charge < -0.3 is 19.7 Å². The second-order valence-electron chi connectivity index (χ2n) is 7.36. The summed E-state index contributed by atoms with van der Waals surface area (Å²) in [4.78, 5) is 25.4. The SMILES string of the molecule is CC(=O)CCc1ccc(OCC(=O)NCCCN2CCC(C)CC2)cc1. The topological polar surface area (TPSA) is 58.6 Å². The number of hydrogen-bond acceptors (Lipinski definition) is 4. The van der Waals surface area contributed by atoms with Gasteiger partial charge in [0.05, 0.1) is 0 Å². The van der Waals surface area contributed by atoms with E-state index in [1.54, 1.807) is 6.92 Å². The van der Waals surface area contributed by atoms with E-state index in [0.717, 1.165) is 30.9 Å². The van der Waals surface area contributed by atoms with Crippen LogP contribution in [0.2, 0.25) is 0 Å². The second-order valence-corrected chi connectivity index (χ2v) is 7.36. The molecule has 0 radical (unpaired) electrons. The lowest BCUT2D eigenvalue weighted by Crippen LogP contribution is -2.36. The van der Waals surface area contributed by atoms with Crippen molar-refractivity contribution < 1.29 is 14.3 Å². The monoisotopic (exact) mass is 360 g/mol. The van der Waals surface area contributed by atoms with E-state index in [2.05, 4.69) is 17.1 Å². The molecule has 0 aromatic heterocycles. The normalized spacial score (nSPS) is 15.6. The van der Waals surface area contributed by atoms with Gasteiger partial charge in [0.1, 0.15) is 11.5 Å². The Morgan fingerprint density at radius 3 is 2.54 bits per heavy atom. The number of piperidine rings is 1. The van der Waals surface area contributed by atoms with Gasteiger partial charge in [0.2, 0.25) is 0 Å². The summed E-state index contributed by atoms with van der Waals surface area (Å²) in [5.74, 6) is 1.63. The minimum atomic E-state index is -0.0853. The molecule has 2 rings (SSSR count). The molecule has 144 valence electrons. The molecule has 0 aliphatic carbocycles. The Bertz CT molecular complexity index is 563. The van der Waals surface area contributed by atoms with Gasteiger partial charge in [0.25, 0.3) is 5.91 Å². The van der Waals surface area contributed by atoms with Crippen LogP contribution in [0.1, 0.15) is 45.1 Å². The Morgan fingerprint density at radius 1 is 1.19 bits per heavy atom. The summed E-state index contributed by atoms with van der Waals surface area (Å²) in [7, 11) is 0. The third-order valence-electron chi connectivity index (χ3n) is 4.91. The van der Waals surface area contributed by atoms with Gasteiger partial charge in [-0.2, -0.15) is 0 Å². The molecule has 0 bridgehead atoms. The first-order valence-corrected chi connectivity index (χ1v) is 9.73. The first-order chi connectivity index (χ1) is 12.5. The average Bonchev–Trinajstić information content (AvgIpc) is 2.64. The fraction of sp³-hybridized carbons (Fsp3) is 0.619. The Balaban J connectivity index is 1.56. The molecule has 0 unspecified atom stereocenters. The number of benzene rings is 1. The van der Waals surface area contributed by atoms with Crippen LogP contribution in [0.5, 0.6) is 5.75 Å². The maximum atomic E-state index is 11.9. The molecule has 1 aromatic rings. The van der Waals surface area contributed by atoms with E-state index in [1.807, 2.05) is 24.3 Å². The van der Waals surface area contributed by atoms with Crippen molar-refractivity contribution in [3.8, 4) is 5.75 Å². The number of nitrogens with one attached hydrogen (secondary N) is 1. The molecule has 1 saturated heterocycles. The fourth-order valence-corrected chi connectivity index (χ4v) is 3.09. The quantitative estimate of drug-likeness (QED) is 0.652. The zero-order chi connectivity index (χ0) is 18.8. The van der Waals surface area contributed by atoms with Crippen LogP contribution in [0.3, 0.4) is 0 Å². The molecule has 5 heteroatoms. The van der Waals surface area contributed by atoms with Crippen LogP contribution in [-0.4, -0.2) is 49.4 Å². The number of ether oxygens (including phenoxy) is 1. The van der Waals surface area contributed by atoms with Crippen molar-refractivity contribution in [3.63, 3.8) is 0 Å². The molecule has 1 fully saturated rings. The number of nitrogens with zero attached hydrogens (tertiary/aromatic N) is 1. The van der Waals surface area contributed by atoms with Crippen LogP contribution in [0, 0.1) is 5.92 Å². The van der Waals surface area contributed by atoms with Gasteiger partial charge in [0, 0.05) is 13.0 Å². The maximum Gasteiger partial charge on any atom is 0.257 e. The van der Waals surface area contributed by atoms with Gasteiger partial charge >= 0.3 is 0 Å². The fourth-order valence-electron chi connectivity index (χ4n) is 3.09. The lowest BCUT2D eigenvalue weighted by Gasteiger charge is -2.30. The van der Waals surface area contributed by atoms with E-state index in [9.17, 15) is 9.59 Å². The van der Waals surface area contributed by atoms with Crippen LogP contribution < -0.4 is 10.1 Å². The van der Waals surface area contributed by atoms with Crippen LogP contribution >= 0.6 is 0 Å². The first kappa shape index (κ1) is 20.4. The van der Waals surface area contributed by atoms with Crippen molar-refractivity contribution >= 4 is 11.7 Å². The van der Waals surface area contributed by atoms with E-state index >= 15 is 0 Å². The summed E-state index contributed by atoms with van der Waals surface area (Å²) in [5, 5.41) is 2.92. The standard InChI is InChI=1S/C21H32N2O3/c1-17-10-14-23(15-11-17)13-3-12-22-21(25)16-26-20-8-6-19(7-9-20)5-4-18(2)24/h6-9,17H,3-5,10-16H2,1-2H3,(H,22,25). The highest BCUT2D eigenvalue weighted by Crippen LogP contribution is 2.16.